The minimum absolute atomic E-state index is 0.0839. The van der Waals surface area contributed by atoms with Crippen LogP contribution in [0.2, 0.25) is 10.0 Å². The number of hydrogen-bond acceptors (Lipinski definition) is 4. The number of aromatic nitrogens is 2. The summed E-state index contributed by atoms with van der Waals surface area (Å²) in [6, 6.07) is 22.8. The fourth-order valence-corrected chi connectivity index (χ4v) is 5.36. The molecule has 0 aliphatic heterocycles. The van der Waals surface area contributed by atoms with Crippen molar-refractivity contribution in [1.82, 2.24) is 14.9 Å². The molecule has 2 atom stereocenters. The number of carbonyl (C=O) groups is 1. The monoisotopic (exact) mass is 549 g/mol. The first-order valence-corrected chi connectivity index (χ1v) is 13.5. The van der Waals surface area contributed by atoms with E-state index in [-0.39, 0.29) is 11.9 Å². The van der Waals surface area contributed by atoms with Gasteiger partial charge in [-0.2, -0.15) is 0 Å². The minimum atomic E-state index is -0.390. The number of aliphatic hydroxyl groups excluding tert-OH is 1. The van der Waals surface area contributed by atoms with E-state index in [0.717, 1.165) is 36.3 Å². The first kappa shape index (κ1) is 26.3. The van der Waals surface area contributed by atoms with Crippen LogP contribution < -0.4 is 10.1 Å². The fraction of sp³-hybridized carbons (Fsp3) is 0.267. The van der Waals surface area contributed by atoms with Gasteiger partial charge in [0.15, 0.2) is 0 Å². The third kappa shape index (κ3) is 5.88. The van der Waals surface area contributed by atoms with Crippen LogP contribution in [-0.4, -0.2) is 32.7 Å². The third-order valence-corrected chi connectivity index (χ3v) is 7.37. The summed E-state index contributed by atoms with van der Waals surface area (Å²) in [5, 5.41) is 14.1. The Morgan fingerprint density at radius 2 is 1.84 bits per heavy atom. The van der Waals surface area contributed by atoms with E-state index in [0.29, 0.717) is 45.8 Å². The van der Waals surface area contributed by atoms with Crippen molar-refractivity contribution >= 4 is 29.1 Å². The second-order valence-corrected chi connectivity index (χ2v) is 10.4. The summed E-state index contributed by atoms with van der Waals surface area (Å²) in [7, 11) is 0. The Hall–Kier alpha value is -3.32. The quantitative estimate of drug-likeness (QED) is 0.266. The van der Waals surface area contributed by atoms with Gasteiger partial charge in [-0.1, -0.05) is 53.5 Å². The van der Waals surface area contributed by atoms with E-state index in [2.05, 4.69) is 5.32 Å². The third-order valence-electron chi connectivity index (χ3n) is 6.82. The van der Waals surface area contributed by atoms with Gasteiger partial charge in [-0.15, -0.1) is 0 Å². The minimum Gasteiger partial charge on any atom is -0.489 e. The molecule has 1 heterocycles. The molecule has 4 aromatic rings. The molecular weight excluding hydrogens is 521 g/mol. The highest BCUT2D eigenvalue weighted by atomic mass is 35.5. The predicted octanol–water partition coefficient (Wildman–Crippen LogP) is 6.77. The van der Waals surface area contributed by atoms with Crippen molar-refractivity contribution in [1.29, 1.82) is 0 Å². The van der Waals surface area contributed by atoms with Gasteiger partial charge in [0.2, 0.25) is 0 Å². The van der Waals surface area contributed by atoms with Crippen LogP contribution >= 0.6 is 23.2 Å². The zero-order chi connectivity index (χ0) is 26.6. The van der Waals surface area contributed by atoms with Crippen LogP contribution in [0.5, 0.6) is 5.75 Å². The Kier molecular flexibility index (Phi) is 8.03. The summed E-state index contributed by atoms with van der Waals surface area (Å²) in [5.74, 6) is 1.00. The molecular formula is C30H29Cl2N3O3. The number of halogens is 2. The van der Waals surface area contributed by atoms with Crippen molar-refractivity contribution < 1.29 is 14.6 Å². The Bertz CT molecular complexity index is 1420. The van der Waals surface area contributed by atoms with Crippen molar-refractivity contribution in [2.45, 2.75) is 51.4 Å². The van der Waals surface area contributed by atoms with Crippen LogP contribution in [-0.2, 0) is 6.61 Å². The lowest BCUT2D eigenvalue weighted by molar-refractivity contribution is 0.0845. The molecule has 1 saturated carbocycles. The van der Waals surface area contributed by atoms with Crippen molar-refractivity contribution in [2.75, 3.05) is 0 Å². The van der Waals surface area contributed by atoms with E-state index < -0.39 is 6.10 Å². The topological polar surface area (TPSA) is 76.4 Å². The highest BCUT2D eigenvalue weighted by Crippen LogP contribution is 2.34. The molecule has 196 valence electrons. The smallest absolute Gasteiger partial charge is 0.272 e. The molecule has 0 spiro atoms. The van der Waals surface area contributed by atoms with E-state index in [1.165, 1.54) is 0 Å². The van der Waals surface area contributed by atoms with Crippen LogP contribution in [0.3, 0.4) is 0 Å². The molecule has 3 aromatic carbocycles. The molecule has 1 amide bonds. The van der Waals surface area contributed by atoms with Crippen molar-refractivity contribution in [3.05, 3.63) is 99.8 Å². The SMILES string of the molecule is Cc1c(C(=O)NC2CCCC(O)C2)nc(-c2ccc(Cl)cc2Cl)n1-c1ccc(OCc2ccccc2)cc1. The maximum atomic E-state index is 13.3. The van der Waals surface area contributed by atoms with Crippen LogP contribution in [0.15, 0.2) is 72.8 Å². The van der Waals surface area contributed by atoms with E-state index in [4.69, 9.17) is 32.9 Å². The lowest BCUT2D eigenvalue weighted by atomic mass is 9.93. The maximum absolute atomic E-state index is 13.3. The average Bonchev–Trinajstić information content (AvgIpc) is 3.25. The predicted molar refractivity (Wildman–Crippen MR) is 150 cm³/mol. The molecule has 8 heteroatoms. The summed E-state index contributed by atoms with van der Waals surface area (Å²) < 4.78 is 7.87. The summed E-state index contributed by atoms with van der Waals surface area (Å²) in [5.41, 5.74) is 3.56. The molecule has 0 radical (unpaired) electrons. The molecule has 6 nitrogen and oxygen atoms in total. The second-order valence-electron chi connectivity index (χ2n) is 9.59. The molecule has 1 aliphatic rings. The number of nitrogens with zero attached hydrogens (tertiary/aromatic N) is 2. The zero-order valence-corrected chi connectivity index (χ0v) is 22.5. The van der Waals surface area contributed by atoms with Gasteiger partial charge >= 0.3 is 0 Å². The summed E-state index contributed by atoms with van der Waals surface area (Å²) in [6.07, 6.45) is 2.64. The largest absolute Gasteiger partial charge is 0.489 e. The number of rotatable bonds is 7. The Labute approximate surface area is 232 Å². The number of carbonyl (C=O) groups excluding carboxylic acids is 1. The Balaban J connectivity index is 1.47. The lowest BCUT2D eigenvalue weighted by Gasteiger charge is -2.26. The van der Waals surface area contributed by atoms with Gasteiger partial charge < -0.3 is 15.2 Å². The number of amides is 1. The van der Waals surface area contributed by atoms with Crippen molar-refractivity contribution in [3.8, 4) is 22.8 Å². The number of ether oxygens (including phenoxy) is 1. The lowest BCUT2D eigenvalue weighted by Crippen LogP contribution is -2.40. The van der Waals surface area contributed by atoms with Gasteiger partial charge in [-0.3, -0.25) is 9.36 Å². The summed E-state index contributed by atoms with van der Waals surface area (Å²) in [6.45, 7) is 2.33. The van der Waals surface area contributed by atoms with Crippen molar-refractivity contribution in [2.24, 2.45) is 0 Å². The maximum Gasteiger partial charge on any atom is 0.272 e. The molecule has 1 aliphatic carbocycles. The van der Waals surface area contributed by atoms with Crippen LogP contribution in [0.1, 0.15) is 47.4 Å². The van der Waals surface area contributed by atoms with Gasteiger partial charge in [0.05, 0.1) is 16.8 Å². The highest BCUT2D eigenvalue weighted by Gasteiger charge is 2.27. The highest BCUT2D eigenvalue weighted by molar-refractivity contribution is 6.36. The zero-order valence-electron chi connectivity index (χ0n) is 21.0. The number of aliphatic hydroxyl groups is 1. The molecule has 2 unspecified atom stereocenters. The Morgan fingerprint density at radius 1 is 1.08 bits per heavy atom. The van der Waals surface area contributed by atoms with Gasteiger partial charge in [-0.05, 0) is 80.6 Å². The molecule has 0 bridgehead atoms. The summed E-state index contributed by atoms with van der Waals surface area (Å²) >= 11 is 12.7. The molecule has 5 rings (SSSR count). The van der Waals surface area contributed by atoms with Gasteiger partial charge in [0.1, 0.15) is 23.9 Å². The van der Waals surface area contributed by atoms with Gasteiger partial charge in [0, 0.05) is 22.3 Å². The van der Waals surface area contributed by atoms with E-state index >= 15 is 0 Å². The standard InChI is InChI=1S/C30H29Cl2N3O3/c1-19-28(30(37)33-22-8-5-9-24(36)17-22)34-29(26-15-10-21(31)16-27(26)32)35(19)23-11-13-25(14-12-23)38-18-20-6-3-2-4-7-20/h2-4,6-7,10-16,22,24,36H,5,8-9,17-18H2,1H3,(H,33,37). The fourth-order valence-electron chi connectivity index (χ4n) is 4.87. The number of hydrogen-bond donors (Lipinski definition) is 2. The molecule has 2 N–H and O–H groups in total. The van der Waals surface area contributed by atoms with E-state index in [9.17, 15) is 9.90 Å². The number of nitrogens with one attached hydrogen (secondary N) is 1. The number of imidazole rings is 1. The van der Waals surface area contributed by atoms with Crippen LogP contribution in [0.4, 0.5) is 0 Å². The first-order chi connectivity index (χ1) is 18.4. The molecule has 1 fully saturated rings. The summed E-state index contributed by atoms with van der Waals surface area (Å²) in [4.78, 5) is 18.1. The number of benzene rings is 3. The van der Waals surface area contributed by atoms with Crippen molar-refractivity contribution in [3.63, 3.8) is 0 Å². The molecule has 0 saturated heterocycles. The van der Waals surface area contributed by atoms with E-state index in [1.54, 1.807) is 18.2 Å². The van der Waals surface area contributed by atoms with E-state index in [1.807, 2.05) is 66.1 Å². The molecule has 1 aromatic heterocycles. The van der Waals surface area contributed by atoms with Crippen LogP contribution in [0, 0.1) is 6.92 Å². The van der Waals surface area contributed by atoms with Gasteiger partial charge in [0.25, 0.3) is 5.91 Å². The van der Waals surface area contributed by atoms with Crippen LogP contribution in [0.25, 0.3) is 17.1 Å². The molecule has 38 heavy (non-hydrogen) atoms. The van der Waals surface area contributed by atoms with Gasteiger partial charge in [-0.25, -0.2) is 4.98 Å². The average molecular weight is 550 g/mol. The Morgan fingerprint density at radius 3 is 2.55 bits per heavy atom. The second kappa shape index (κ2) is 11.6. The first-order valence-electron chi connectivity index (χ1n) is 12.7. The normalized spacial score (nSPS) is 17.3.